The third-order valence-corrected chi connectivity index (χ3v) is 5.68. The molecule has 33 heavy (non-hydrogen) atoms. The zero-order valence-corrected chi connectivity index (χ0v) is 19.2. The van der Waals surface area contributed by atoms with Crippen LogP contribution in [0.25, 0.3) is 21.7 Å². The summed E-state index contributed by atoms with van der Waals surface area (Å²) in [7, 11) is 0. The molecule has 0 saturated carbocycles. The Balaban J connectivity index is 1.33. The van der Waals surface area contributed by atoms with Crippen molar-refractivity contribution < 1.29 is 0 Å². The first kappa shape index (κ1) is 21.3. The summed E-state index contributed by atoms with van der Waals surface area (Å²) < 4.78 is 0. The molecule has 4 aromatic carbocycles. The molecular weight excluding hydrogens is 453 g/mol. The first-order valence-electron chi connectivity index (χ1n) is 10.6. The smallest absolute Gasteiger partial charge is 0.229 e. The molecule has 0 fully saturated rings. The molecule has 0 radical (unpaired) electrons. The van der Waals surface area contributed by atoms with Crippen LogP contribution in [0.2, 0.25) is 10.0 Å². The van der Waals surface area contributed by atoms with Gasteiger partial charge in [0.2, 0.25) is 5.95 Å². The van der Waals surface area contributed by atoms with Gasteiger partial charge >= 0.3 is 0 Å². The highest BCUT2D eigenvalue weighted by atomic mass is 35.5. The fraction of sp³-hybridized carbons (Fsp3) is 0.0769. The number of halogens is 2. The van der Waals surface area contributed by atoms with Crippen LogP contribution in [0.5, 0.6) is 0 Å². The molecule has 3 N–H and O–H groups in total. The molecule has 5 aromatic rings. The maximum atomic E-state index is 6.13. The Morgan fingerprint density at radius 1 is 0.667 bits per heavy atom. The van der Waals surface area contributed by atoms with Crippen LogP contribution in [-0.2, 0) is 0 Å². The van der Waals surface area contributed by atoms with Crippen LogP contribution in [0.15, 0.2) is 84.9 Å². The van der Waals surface area contributed by atoms with E-state index in [1.807, 2.05) is 24.3 Å². The van der Waals surface area contributed by atoms with Gasteiger partial charge in [0.15, 0.2) is 0 Å². The molecule has 164 valence electrons. The lowest BCUT2D eigenvalue weighted by Crippen LogP contribution is -2.15. The highest BCUT2D eigenvalue weighted by molar-refractivity contribution is 6.35. The first-order valence-corrected chi connectivity index (χ1v) is 11.4. The van der Waals surface area contributed by atoms with Gasteiger partial charge in [0, 0.05) is 45.3 Å². The van der Waals surface area contributed by atoms with Crippen LogP contribution in [0.4, 0.5) is 23.1 Å². The zero-order chi connectivity index (χ0) is 22.6. The summed E-state index contributed by atoms with van der Waals surface area (Å²) in [6, 6.07) is 27.8. The zero-order valence-electron chi connectivity index (χ0n) is 17.6. The topological polar surface area (TPSA) is 61.9 Å². The van der Waals surface area contributed by atoms with E-state index in [-0.39, 0.29) is 0 Å². The van der Waals surface area contributed by atoms with Crippen molar-refractivity contribution >= 4 is 68.0 Å². The number of para-hydroxylation sites is 1. The molecule has 0 aliphatic rings. The molecule has 1 aromatic heterocycles. The van der Waals surface area contributed by atoms with Crippen molar-refractivity contribution in [3.8, 4) is 0 Å². The lowest BCUT2D eigenvalue weighted by Gasteiger charge is -2.14. The van der Waals surface area contributed by atoms with Crippen molar-refractivity contribution in [3.63, 3.8) is 0 Å². The molecular formula is C26H21Cl2N5. The highest BCUT2D eigenvalue weighted by Crippen LogP contribution is 2.27. The van der Waals surface area contributed by atoms with E-state index in [1.165, 1.54) is 10.8 Å². The fourth-order valence-corrected chi connectivity index (χ4v) is 4.31. The van der Waals surface area contributed by atoms with E-state index in [9.17, 15) is 0 Å². The number of nitrogens with zero attached hydrogens (tertiary/aromatic N) is 2. The number of aromatic nitrogens is 2. The molecule has 0 atom stereocenters. The summed E-state index contributed by atoms with van der Waals surface area (Å²) in [4.78, 5) is 9.34. The van der Waals surface area contributed by atoms with Crippen molar-refractivity contribution in [2.75, 3.05) is 29.0 Å². The Hall–Kier alpha value is -3.54. The Bertz CT molecular complexity index is 1410. The van der Waals surface area contributed by atoms with Gasteiger partial charge < -0.3 is 16.0 Å². The molecule has 5 rings (SSSR count). The van der Waals surface area contributed by atoms with Gasteiger partial charge in [-0.05, 0) is 41.8 Å². The van der Waals surface area contributed by atoms with E-state index in [1.54, 1.807) is 18.2 Å². The molecule has 5 nitrogen and oxygen atoms in total. The predicted molar refractivity (Wildman–Crippen MR) is 140 cm³/mol. The maximum absolute atomic E-state index is 6.13. The van der Waals surface area contributed by atoms with Gasteiger partial charge in [-0.25, -0.2) is 4.98 Å². The minimum Gasteiger partial charge on any atom is -0.383 e. The summed E-state index contributed by atoms with van der Waals surface area (Å²) >= 11 is 12.3. The van der Waals surface area contributed by atoms with Crippen LogP contribution in [-0.4, -0.2) is 23.1 Å². The first-order chi connectivity index (χ1) is 16.2. The molecule has 0 aliphatic carbocycles. The number of fused-ring (bicyclic) bond motifs is 2. The number of nitrogens with one attached hydrogen (secondary N) is 3. The summed E-state index contributed by atoms with van der Waals surface area (Å²) in [5.41, 5.74) is 2.68. The number of anilines is 4. The number of rotatable bonds is 7. The minimum absolute atomic E-state index is 0.469. The average molecular weight is 474 g/mol. The predicted octanol–water partition coefficient (Wildman–Crippen LogP) is 7.36. The van der Waals surface area contributed by atoms with Crippen molar-refractivity contribution in [2.45, 2.75) is 0 Å². The quantitative estimate of drug-likeness (QED) is 0.215. The minimum atomic E-state index is 0.469. The van der Waals surface area contributed by atoms with Gasteiger partial charge in [0.1, 0.15) is 5.82 Å². The molecule has 0 spiro atoms. The van der Waals surface area contributed by atoms with Crippen LogP contribution >= 0.6 is 23.2 Å². The number of hydrogen-bond acceptors (Lipinski definition) is 5. The molecule has 1 heterocycles. The van der Waals surface area contributed by atoms with E-state index in [0.29, 0.717) is 22.5 Å². The van der Waals surface area contributed by atoms with Crippen LogP contribution in [0.1, 0.15) is 0 Å². The average Bonchev–Trinajstić information content (AvgIpc) is 2.81. The Morgan fingerprint density at radius 3 is 2.21 bits per heavy atom. The summed E-state index contributed by atoms with van der Waals surface area (Å²) in [6.07, 6.45) is 0. The standard InChI is InChI=1S/C26H21Cl2N5/c27-18-14-19(28)16-20(15-18)31-26-32-24-10-4-3-9-22(24)25(33-26)30-13-12-29-23-11-5-7-17-6-1-2-8-21(17)23/h1-11,14-16,29H,12-13H2,(H2,30,31,32,33). The van der Waals surface area contributed by atoms with Gasteiger partial charge in [-0.1, -0.05) is 71.7 Å². The van der Waals surface area contributed by atoms with E-state index in [2.05, 4.69) is 63.4 Å². The SMILES string of the molecule is Clc1cc(Cl)cc(Nc2nc(NCCNc3cccc4ccccc34)c3ccccc3n2)c1. The molecule has 7 heteroatoms. The normalized spacial score (nSPS) is 11.0. The van der Waals surface area contributed by atoms with Crippen LogP contribution < -0.4 is 16.0 Å². The van der Waals surface area contributed by atoms with E-state index in [4.69, 9.17) is 28.2 Å². The highest BCUT2D eigenvalue weighted by Gasteiger charge is 2.09. The van der Waals surface area contributed by atoms with E-state index >= 15 is 0 Å². The van der Waals surface area contributed by atoms with Gasteiger partial charge in [-0.3, -0.25) is 0 Å². The van der Waals surface area contributed by atoms with Crippen molar-refractivity contribution in [3.05, 3.63) is 95.0 Å². The Labute approximate surface area is 201 Å². The number of benzene rings is 4. The number of hydrogen-bond donors (Lipinski definition) is 3. The summed E-state index contributed by atoms with van der Waals surface area (Å²) in [5.74, 6) is 1.23. The molecule has 0 amide bonds. The van der Waals surface area contributed by atoms with Crippen molar-refractivity contribution in [1.82, 2.24) is 9.97 Å². The van der Waals surface area contributed by atoms with Crippen molar-refractivity contribution in [1.29, 1.82) is 0 Å². The van der Waals surface area contributed by atoms with Gasteiger partial charge in [0.25, 0.3) is 0 Å². The Morgan fingerprint density at radius 2 is 1.36 bits per heavy atom. The van der Waals surface area contributed by atoms with Crippen LogP contribution in [0, 0.1) is 0 Å². The third kappa shape index (κ3) is 4.95. The van der Waals surface area contributed by atoms with Gasteiger partial charge in [-0.15, -0.1) is 0 Å². The maximum Gasteiger partial charge on any atom is 0.229 e. The molecule has 0 saturated heterocycles. The molecule has 0 unspecified atom stereocenters. The van der Waals surface area contributed by atoms with Crippen molar-refractivity contribution in [2.24, 2.45) is 0 Å². The van der Waals surface area contributed by atoms with Gasteiger partial charge in [-0.2, -0.15) is 4.98 Å². The summed E-state index contributed by atoms with van der Waals surface area (Å²) in [5, 5.41) is 14.6. The monoisotopic (exact) mass is 473 g/mol. The lowest BCUT2D eigenvalue weighted by atomic mass is 10.1. The lowest BCUT2D eigenvalue weighted by molar-refractivity contribution is 1.06. The fourth-order valence-electron chi connectivity index (χ4n) is 3.78. The molecule has 0 bridgehead atoms. The second-order valence-corrected chi connectivity index (χ2v) is 8.45. The van der Waals surface area contributed by atoms with E-state index < -0.39 is 0 Å². The van der Waals surface area contributed by atoms with Gasteiger partial charge in [0.05, 0.1) is 5.52 Å². The second kappa shape index (κ2) is 9.53. The molecule has 0 aliphatic heterocycles. The largest absolute Gasteiger partial charge is 0.383 e. The second-order valence-electron chi connectivity index (χ2n) is 7.58. The Kier molecular flexibility index (Phi) is 6.15. The third-order valence-electron chi connectivity index (χ3n) is 5.24. The van der Waals surface area contributed by atoms with E-state index in [0.717, 1.165) is 34.6 Å². The van der Waals surface area contributed by atoms with Crippen LogP contribution in [0.3, 0.4) is 0 Å². The summed E-state index contributed by atoms with van der Waals surface area (Å²) in [6.45, 7) is 1.42.